The summed E-state index contributed by atoms with van der Waals surface area (Å²) in [6, 6.07) is 10.9. The molecule has 0 saturated heterocycles. The van der Waals surface area contributed by atoms with E-state index in [9.17, 15) is 10.1 Å². The van der Waals surface area contributed by atoms with Gasteiger partial charge in [-0.15, -0.1) is 33.3 Å². The number of thioether (sulfide) groups is 2. The van der Waals surface area contributed by atoms with Crippen LogP contribution >= 0.6 is 34.9 Å². The van der Waals surface area contributed by atoms with Crippen LogP contribution in [0.5, 0.6) is 0 Å². The lowest BCUT2D eigenvalue weighted by atomic mass is 9.96. The number of hydrogen-bond acceptors (Lipinski definition) is 7. The molecule has 32 heavy (non-hydrogen) atoms. The summed E-state index contributed by atoms with van der Waals surface area (Å²) in [4.78, 5) is 13.8. The van der Waals surface area contributed by atoms with Crippen molar-refractivity contribution in [1.82, 2.24) is 14.8 Å². The molecule has 9 heteroatoms. The van der Waals surface area contributed by atoms with Gasteiger partial charge >= 0.3 is 0 Å². The van der Waals surface area contributed by atoms with Gasteiger partial charge in [-0.25, -0.2) is 0 Å². The highest BCUT2D eigenvalue weighted by Gasteiger charge is 2.22. The molecule has 0 radical (unpaired) electrons. The number of hydrogen-bond donors (Lipinski definition) is 1. The normalized spacial score (nSPS) is 12.9. The van der Waals surface area contributed by atoms with Gasteiger partial charge in [-0.3, -0.25) is 4.79 Å². The molecular weight excluding hydrogens is 458 g/mol. The van der Waals surface area contributed by atoms with Crippen molar-refractivity contribution in [3.8, 4) is 6.07 Å². The fourth-order valence-corrected chi connectivity index (χ4v) is 6.56. The van der Waals surface area contributed by atoms with Crippen LogP contribution in [0.4, 0.5) is 5.00 Å². The number of thiophene rings is 1. The summed E-state index contributed by atoms with van der Waals surface area (Å²) in [6.07, 6.45) is 4.20. The molecule has 0 saturated carbocycles. The molecule has 0 fully saturated rings. The standard InChI is InChI=1S/C23H25N5OS3/c1-15-7-9-16(10-8-15)12-30-13-20-26-27-23(28(20)2)31-14-21(29)25-22-18(11-24)17-5-3-4-6-19(17)32-22/h7-10H,3-6,12-14H2,1-2H3,(H,25,29). The number of anilines is 1. The van der Waals surface area contributed by atoms with Gasteiger partial charge in [0.05, 0.1) is 17.1 Å². The fraction of sp³-hybridized carbons (Fsp3) is 0.391. The quantitative estimate of drug-likeness (QED) is 0.449. The van der Waals surface area contributed by atoms with E-state index >= 15 is 0 Å². The molecular formula is C23H25N5OS3. The maximum Gasteiger partial charge on any atom is 0.235 e. The van der Waals surface area contributed by atoms with Crippen LogP contribution in [-0.2, 0) is 36.2 Å². The molecule has 0 unspecified atom stereocenters. The minimum atomic E-state index is -0.122. The molecule has 1 aliphatic rings. The molecule has 0 aliphatic heterocycles. The van der Waals surface area contributed by atoms with E-state index in [0.29, 0.717) is 10.6 Å². The molecule has 0 spiro atoms. The Morgan fingerprint density at radius 1 is 1.22 bits per heavy atom. The van der Waals surface area contributed by atoms with Crippen LogP contribution in [0, 0.1) is 18.3 Å². The first-order valence-electron chi connectivity index (χ1n) is 10.5. The zero-order valence-electron chi connectivity index (χ0n) is 18.2. The lowest BCUT2D eigenvalue weighted by molar-refractivity contribution is -0.113. The van der Waals surface area contributed by atoms with Gasteiger partial charge in [0, 0.05) is 17.7 Å². The zero-order chi connectivity index (χ0) is 22.5. The van der Waals surface area contributed by atoms with E-state index < -0.39 is 0 Å². The average molecular weight is 484 g/mol. The van der Waals surface area contributed by atoms with Gasteiger partial charge in [-0.1, -0.05) is 41.6 Å². The second kappa shape index (κ2) is 10.6. The molecule has 2 aromatic heterocycles. The van der Waals surface area contributed by atoms with E-state index in [4.69, 9.17) is 0 Å². The third-order valence-electron chi connectivity index (χ3n) is 5.41. The molecule has 4 rings (SSSR count). The number of nitrogens with one attached hydrogen (secondary N) is 1. The molecule has 6 nitrogen and oxygen atoms in total. The van der Waals surface area contributed by atoms with Crippen molar-refractivity contribution < 1.29 is 4.79 Å². The van der Waals surface area contributed by atoms with Crippen LogP contribution in [0.15, 0.2) is 29.4 Å². The second-order valence-electron chi connectivity index (χ2n) is 7.80. The molecule has 3 aromatic rings. The third-order valence-corrected chi connectivity index (χ3v) is 8.64. The molecule has 1 amide bonds. The molecule has 1 N–H and O–H groups in total. The Kier molecular flexibility index (Phi) is 7.55. The van der Waals surface area contributed by atoms with E-state index in [2.05, 4.69) is 52.8 Å². The smallest absolute Gasteiger partial charge is 0.235 e. The van der Waals surface area contributed by atoms with Gasteiger partial charge < -0.3 is 9.88 Å². The van der Waals surface area contributed by atoms with Gasteiger partial charge in [-0.2, -0.15) is 5.26 Å². The predicted octanol–water partition coefficient (Wildman–Crippen LogP) is 5.10. The summed E-state index contributed by atoms with van der Waals surface area (Å²) in [6.45, 7) is 2.09. The summed E-state index contributed by atoms with van der Waals surface area (Å²) in [5.41, 5.74) is 4.34. The number of amides is 1. The highest BCUT2D eigenvalue weighted by Crippen LogP contribution is 2.37. The maximum absolute atomic E-state index is 12.5. The van der Waals surface area contributed by atoms with Gasteiger partial charge in [0.25, 0.3) is 0 Å². The summed E-state index contributed by atoms with van der Waals surface area (Å²) in [5, 5.41) is 22.5. The molecule has 166 valence electrons. The topological polar surface area (TPSA) is 83.6 Å². The van der Waals surface area contributed by atoms with Gasteiger partial charge in [0.1, 0.15) is 16.9 Å². The molecule has 1 aromatic carbocycles. The highest BCUT2D eigenvalue weighted by molar-refractivity contribution is 7.99. The molecule has 0 bridgehead atoms. The van der Waals surface area contributed by atoms with Crippen LogP contribution in [0.2, 0.25) is 0 Å². The number of benzene rings is 1. The first-order chi connectivity index (χ1) is 15.5. The monoisotopic (exact) mass is 483 g/mol. The number of carbonyl (C=O) groups is 1. The Balaban J connectivity index is 1.29. The van der Waals surface area contributed by atoms with E-state index in [0.717, 1.165) is 53.7 Å². The number of carbonyl (C=O) groups excluding carboxylic acids is 1. The van der Waals surface area contributed by atoms with E-state index in [1.807, 2.05) is 11.6 Å². The van der Waals surface area contributed by atoms with Crippen LogP contribution in [0.25, 0.3) is 0 Å². The zero-order valence-corrected chi connectivity index (χ0v) is 20.6. The SMILES string of the molecule is Cc1ccc(CSCc2nnc(SCC(=O)Nc3sc4c(c3C#N)CCCC4)n2C)cc1. The van der Waals surface area contributed by atoms with Crippen molar-refractivity contribution in [2.24, 2.45) is 7.05 Å². The van der Waals surface area contributed by atoms with Crippen LogP contribution < -0.4 is 5.32 Å². The lowest BCUT2D eigenvalue weighted by Gasteiger charge is -2.09. The van der Waals surface area contributed by atoms with Gasteiger partial charge in [0.15, 0.2) is 5.16 Å². The second-order valence-corrected chi connectivity index (χ2v) is 10.8. The molecule has 2 heterocycles. The number of aryl methyl sites for hydroxylation is 2. The largest absolute Gasteiger partial charge is 0.316 e. The summed E-state index contributed by atoms with van der Waals surface area (Å²) in [7, 11) is 1.93. The Hall–Kier alpha value is -2.28. The van der Waals surface area contributed by atoms with Crippen molar-refractivity contribution in [2.45, 2.75) is 49.3 Å². The first-order valence-corrected chi connectivity index (χ1v) is 13.5. The van der Waals surface area contributed by atoms with Crippen molar-refractivity contribution in [1.29, 1.82) is 5.26 Å². The Morgan fingerprint density at radius 2 is 2.00 bits per heavy atom. The highest BCUT2D eigenvalue weighted by atomic mass is 32.2. The van der Waals surface area contributed by atoms with Gasteiger partial charge in [-0.05, 0) is 43.7 Å². The predicted molar refractivity (Wildman–Crippen MR) is 132 cm³/mol. The minimum Gasteiger partial charge on any atom is -0.316 e. The molecule has 1 aliphatic carbocycles. The van der Waals surface area contributed by atoms with Crippen LogP contribution in [0.3, 0.4) is 0 Å². The maximum atomic E-state index is 12.5. The number of nitrogens with zero attached hydrogens (tertiary/aromatic N) is 4. The Bertz CT molecular complexity index is 1140. The van der Waals surface area contributed by atoms with Crippen molar-refractivity contribution in [3.63, 3.8) is 0 Å². The van der Waals surface area contributed by atoms with Gasteiger partial charge in [0.2, 0.25) is 5.91 Å². The molecule has 0 atom stereocenters. The third kappa shape index (κ3) is 5.37. The average Bonchev–Trinajstić information content (AvgIpc) is 3.33. The summed E-state index contributed by atoms with van der Waals surface area (Å²) in [5.74, 6) is 2.68. The number of rotatable bonds is 8. The number of aromatic nitrogens is 3. The Labute approximate surface area is 200 Å². The first kappa shape index (κ1) is 22.9. The fourth-order valence-electron chi connectivity index (χ4n) is 3.61. The Morgan fingerprint density at radius 3 is 2.78 bits per heavy atom. The summed E-state index contributed by atoms with van der Waals surface area (Å²) < 4.78 is 1.95. The number of fused-ring (bicyclic) bond motifs is 1. The van der Waals surface area contributed by atoms with Crippen LogP contribution in [0.1, 0.15) is 45.8 Å². The van der Waals surface area contributed by atoms with E-state index in [-0.39, 0.29) is 11.7 Å². The van der Waals surface area contributed by atoms with Crippen molar-refractivity contribution in [2.75, 3.05) is 11.1 Å². The van der Waals surface area contributed by atoms with Crippen LogP contribution in [-0.4, -0.2) is 26.4 Å². The van der Waals surface area contributed by atoms with Crippen molar-refractivity contribution in [3.05, 3.63) is 57.2 Å². The lowest BCUT2D eigenvalue weighted by Crippen LogP contribution is -2.14. The van der Waals surface area contributed by atoms with Crippen molar-refractivity contribution >= 4 is 45.8 Å². The number of nitriles is 1. The van der Waals surface area contributed by atoms with E-state index in [1.165, 1.54) is 27.8 Å². The van der Waals surface area contributed by atoms with E-state index in [1.54, 1.807) is 23.1 Å². The summed E-state index contributed by atoms with van der Waals surface area (Å²) >= 11 is 4.71. The minimum absolute atomic E-state index is 0.122.